The topological polar surface area (TPSA) is 0 Å². The molecule has 0 aliphatic heterocycles. The van der Waals surface area contributed by atoms with Crippen LogP contribution >= 0.6 is 0 Å². The van der Waals surface area contributed by atoms with Gasteiger partial charge in [0, 0.05) is 0 Å². The van der Waals surface area contributed by atoms with E-state index in [9.17, 15) is 0 Å². The monoisotopic (exact) mass is 244 g/mol. The Bertz CT molecular complexity index is 312. The smallest absolute Gasteiger partial charge is 0.0213 e. The van der Waals surface area contributed by atoms with Crippen molar-refractivity contribution in [3.63, 3.8) is 0 Å². The van der Waals surface area contributed by atoms with E-state index in [2.05, 4.69) is 38.5 Å². The van der Waals surface area contributed by atoms with Crippen molar-refractivity contribution in [2.24, 2.45) is 11.8 Å². The molecule has 0 heterocycles. The molecule has 0 N–H and O–H groups in total. The molecular weight excluding hydrogens is 216 g/mol. The van der Waals surface area contributed by atoms with Gasteiger partial charge in [-0.3, -0.25) is 0 Å². The van der Waals surface area contributed by atoms with Crippen molar-refractivity contribution in [1.29, 1.82) is 0 Å². The fourth-order valence-electron chi connectivity index (χ4n) is 3.14. The lowest BCUT2D eigenvalue weighted by Gasteiger charge is -2.32. The third kappa shape index (κ3) is 4.37. The highest BCUT2D eigenvalue weighted by molar-refractivity contribution is 5.04. The third-order valence-corrected chi connectivity index (χ3v) is 4.44. The van der Waals surface area contributed by atoms with Crippen LogP contribution in [-0.4, -0.2) is 0 Å². The summed E-state index contributed by atoms with van der Waals surface area (Å²) in [6, 6.07) is 0. The second-order valence-corrected chi connectivity index (χ2v) is 5.48. The van der Waals surface area contributed by atoms with Gasteiger partial charge in [-0.15, -0.1) is 11.5 Å². The first-order chi connectivity index (χ1) is 8.74. The van der Waals surface area contributed by atoms with Crippen LogP contribution in [0, 0.1) is 11.8 Å². The van der Waals surface area contributed by atoms with E-state index < -0.39 is 0 Å². The molecule has 0 aromatic rings. The highest BCUT2D eigenvalue weighted by Gasteiger charge is 2.25. The van der Waals surface area contributed by atoms with Crippen molar-refractivity contribution in [3.8, 4) is 0 Å². The highest BCUT2D eigenvalue weighted by Crippen LogP contribution is 2.38. The van der Waals surface area contributed by atoms with Crippen LogP contribution in [0.3, 0.4) is 0 Å². The van der Waals surface area contributed by atoms with Crippen molar-refractivity contribution in [2.75, 3.05) is 0 Å². The first kappa shape index (κ1) is 15.1. The Morgan fingerprint density at radius 1 is 0.889 bits per heavy atom. The Labute approximate surface area is 113 Å². The van der Waals surface area contributed by atoms with Crippen LogP contribution in [-0.2, 0) is 0 Å². The number of allylic oxidation sites excluding steroid dienone is 2. The third-order valence-electron chi connectivity index (χ3n) is 4.44. The fraction of sp³-hybridized carbons (Fsp3) is 0.667. The first-order valence-electron chi connectivity index (χ1n) is 7.50. The maximum Gasteiger partial charge on any atom is -0.0213 e. The van der Waals surface area contributed by atoms with Crippen molar-refractivity contribution >= 4 is 0 Å². The lowest BCUT2D eigenvalue weighted by Crippen LogP contribution is -2.20. The summed E-state index contributed by atoms with van der Waals surface area (Å²) in [5.41, 5.74) is 9.09. The van der Waals surface area contributed by atoms with Gasteiger partial charge in [-0.2, -0.15) is 0 Å². The number of rotatable bonds is 6. The van der Waals surface area contributed by atoms with Crippen LogP contribution in [0.25, 0.3) is 0 Å². The van der Waals surface area contributed by atoms with Gasteiger partial charge < -0.3 is 0 Å². The van der Waals surface area contributed by atoms with Crippen molar-refractivity contribution in [1.82, 2.24) is 0 Å². The average Bonchev–Trinajstić information content (AvgIpc) is 2.43. The molecule has 0 heteroatoms. The van der Waals surface area contributed by atoms with Crippen molar-refractivity contribution in [2.45, 2.75) is 65.2 Å². The van der Waals surface area contributed by atoms with Crippen LogP contribution in [0.15, 0.2) is 35.8 Å². The lowest BCUT2D eigenvalue weighted by molar-refractivity contribution is 0.231. The summed E-state index contributed by atoms with van der Waals surface area (Å²) in [5, 5.41) is 0. The van der Waals surface area contributed by atoms with Crippen LogP contribution in [0.5, 0.6) is 0 Å². The van der Waals surface area contributed by atoms with Gasteiger partial charge in [-0.05, 0) is 61.5 Å². The Morgan fingerprint density at radius 2 is 1.28 bits per heavy atom. The predicted molar refractivity (Wildman–Crippen MR) is 80.6 cm³/mol. The van der Waals surface area contributed by atoms with E-state index in [4.69, 9.17) is 0 Å². The Morgan fingerprint density at radius 3 is 1.56 bits per heavy atom. The maximum atomic E-state index is 3.83. The van der Waals surface area contributed by atoms with Gasteiger partial charge in [0.05, 0.1) is 0 Å². The van der Waals surface area contributed by atoms with Crippen molar-refractivity contribution in [3.05, 3.63) is 35.8 Å². The fourth-order valence-corrected chi connectivity index (χ4v) is 3.14. The molecule has 0 spiro atoms. The summed E-state index contributed by atoms with van der Waals surface area (Å²) in [6.45, 7) is 12.1. The number of hydrogen-bond donors (Lipinski definition) is 0. The zero-order chi connectivity index (χ0) is 13.4. The molecule has 0 aromatic heterocycles. The number of hydrogen-bond acceptors (Lipinski definition) is 0. The summed E-state index contributed by atoms with van der Waals surface area (Å²) in [6.07, 6.45) is 10.2. The molecule has 18 heavy (non-hydrogen) atoms. The Kier molecular flexibility index (Phi) is 6.88. The minimum atomic E-state index is 0.831. The van der Waals surface area contributed by atoms with Crippen LogP contribution in [0.4, 0.5) is 0 Å². The molecular formula is C18H28. The molecule has 2 atom stereocenters. The Balaban J connectivity index is 2.67. The summed E-state index contributed by atoms with van der Waals surface area (Å²) >= 11 is 0. The maximum absolute atomic E-state index is 3.83. The molecule has 1 aliphatic rings. The SMILES string of the molecule is C=C=C(CC)C[C@H]1CCCC[C@@H]1CC(=C=C)CC. The second-order valence-electron chi connectivity index (χ2n) is 5.48. The summed E-state index contributed by atoms with van der Waals surface area (Å²) in [4.78, 5) is 0. The second kappa shape index (κ2) is 8.20. The van der Waals surface area contributed by atoms with Gasteiger partial charge >= 0.3 is 0 Å². The van der Waals surface area contributed by atoms with E-state index in [1.54, 1.807) is 0 Å². The van der Waals surface area contributed by atoms with Gasteiger partial charge in [-0.1, -0.05) is 39.8 Å². The molecule has 0 aromatic carbocycles. The molecule has 1 aliphatic carbocycles. The molecule has 0 amide bonds. The molecule has 1 fully saturated rings. The Hall–Kier alpha value is -0.960. The zero-order valence-electron chi connectivity index (χ0n) is 12.2. The minimum Gasteiger partial charge on any atom is -0.130 e. The minimum absolute atomic E-state index is 0.831. The van der Waals surface area contributed by atoms with Crippen LogP contribution in [0.2, 0.25) is 0 Å². The predicted octanol–water partition coefficient (Wildman–Crippen LogP) is 5.82. The van der Waals surface area contributed by atoms with E-state index in [0.29, 0.717) is 0 Å². The van der Waals surface area contributed by atoms with E-state index in [1.807, 2.05) is 0 Å². The van der Waals surface area contributed by atoms with Gasteiger partial charge in [0.15, 0.2) is 0 Å². The van der Waals surface area contributed by atoms with Gasteiger partial charge in [0.2, 0.25) is 0 Å². The van der Waals surface area contributed by atoms with E-state index in [1.165, 1.54) is 49.7 Å². The molecule has 0 bridgehead atoms. The van der Waals surface area contributed by atoms with Gasteiger partial charge in [-0.25, -0.2) is 0 Å². The quantitative estimate of drug-likeness (QED) is 0.517. The van der Waals surface area contributed by atoms with Crippen molar-refractivity contribution < 1.29 is 0 Å². The summed E-state index contributed by atoms with van der Waals surface area (Å²) < 4.78 is 0. The van der Waals surface area contributed by atoms with E-state index in [0.717, 1.165) is 24.7 Å². The summed E-state index contributed by atoms with van der Waals surface area (Å²) in [7, 11) is 0. The van der Waals surface area contributed by atoms with E-state index in [-0.39, 0.29) is 0 Å². The van der Waals surface area contributed by atoms with E-state index >= 15 is 0 Å². The first-order valence-corrected chi connectivity index (χ1v) is 7.50. The largest absolute Gasteiger partial charge is 0.130 e. The molecule has 0 radical (unpaired) electrons. The molecule has 1 rings (SSSR count). The van der Waals surface area contributed by atoms with Crippen LogP contribution in [0.1, 0.15) is 65.2 Å². The molecule has 100 valence electrons. The zero-order valence-corrected chi connectivity index (χ0v) is 12.2. The standard InChI is InChI=1S/C18H28/c1-5-15(6-2)13-17-11-9-10-12-18(17)14-16(7-3)8-4/h17-18H,1,3,6,8-14H2,2,4H3/t17-,18-/m1/s1. The molecule has 0 unspecified atom stereocenters. The van der Waals surface area contributed by atoms with Crippen LogP contribution < -0.4 is 0 Å². The molecule has 0 saturated heterocycles. The lowest BCUT2D eigenvalue weighted by atomic mass is 9.73. The highest BCUT2D eigenvalue weighted by atomic mass is 14.3. The molecule has 1 saturated carbocycles. The molecule has 0 nitrogen and oxygen atoms in total. The summed E-state index contributed by atoms with van der Waals surface area (Å²) in [5.74, 6) is 1.66. The normalized spacial score (nSPS) is 23.0. The average molecular weight is 244 g/mol. The van der Waals surface area contributed by atoms with Gasteiger partial charge in [0.25, 0.3) is 0 Å². The van der Waals surface area contributed by atoms with Gasteiger partial charge in [0.1, 0.15) is 0 Å².